The Morgan fingerprint density at radius 3 is 2.71 bits per heavy atom. The summed E-state index contributed by atoms with van der Waals surface area (Å²) in [7, 11) is -2.45. The van der Waals surface area contributed by atoms with Gasteiger partial charge in [0, 0.05) is 12.3 Å². The molecule has 0 amide bonds. The van der Waals surface area contributed by atoms with Crippen molar-refractivity contribution in [1.29, 1.82) is 0 Å². The fourth-order valence-corrected chi connectivity index (χ4v) is 2.62. The molecule has 110 valence electrons. The predicted octanol–water partition coefficient (Wildman–Crippen LogP) is 1.59. The topological polar surface area (TPSA) is 106 Å². The van der Waals surface area contributed by atoms with Gasteiger partial charge < -0.3 is 9.84 Å². The van der Waals surface area contributed by atoms with Gasteiger partial charge in [-0.3, -0.25) is 4.72 Å². The summed E-state index contributed by atoms with van der Waals surface area (Å²) in [4.78, 5) is 14.6. The number of hydrogen-bond donors (Lipinski definition) is 2. The molecule has 0 saturated carbocycles. The van der Waals surface area contributed by atoms with Gasteiger partial charge >= 0.3 is 5.97 Å². The van der Waals surface area contributed by atoms with E-state index in [4.69, 9.17) is 9.84 Å². The molecule has 0 bridgehead atoms. The number of benzene rings is 1. The number of hydrogen-bond acceptors (Lipinski definition) is 5. The Morgan fingerprint density at radius 2 is 2.05 bits per heavy atom. The van der Waals surface area contributed by atoms with Gasteiger partial charge in [-0.2, -0.15) is 0 Å². The highest BCUT2D eigenvalue weighted by Gasteiger charge is 2.16. The molecule has 2 N–H and O–H groups in total. The number of pyridine rings is 1. The van der Waals surface area contributed by atoms with Crippen LogP contribution in [0.25, 0.3) is 0 Å². The number of rotatable bonds is 5. The first kappa shape index (κ1) is 14.8. The quantitative estimate of drug-likeness (QED) is 0.869. The van der Waals surface area contributed by atoms with Crippen molar-refractivity contribution < 1.29 is 23.1 Å². The van der Waals surface area contributed by atoms with Gasteiger partial charge in [-0.25, -0.2) is 18.2 Å². The molecule has 21 heavy (non-hydrogen) atoms. The minimum atomic E-state index is -3.87. The second-order valence-electron chi connectivity index (χ2n) is 4.02. The van der Waals surface area contributed by atoms with Crippen LogP contribution in [0.4, 0.5) is 5.82 Å². The van der Waals surface area contributed by atoms with Crippen molar-refractivity contribution in [3.05, 3.63) is 48.2 Å². The number of aromatic carboxylic acids is 1. The van der Waals surface area contributed by atoms with Gasteiger partial charge in [-0.1, -0.05) is 6.07 Å². The van der Waals surface area contributed by atoms with Crippen molar-refractivity contribution in [3.8, 4) is 5.75 Å². The molecule has 0 aliphatic heterocycles. The molecule has 0 unspecified atom stereocenters. The standard InChI is InChI=1S/C13H12N2O5S/c1-20-10-3-2-4-11(8-10)21(18,19)15-12-7-9(13(16)17)5-6-14-12/h2-8H,1H3,(H,14,15)(H,16,17). The molecule has 2 aromatic rings. The lowest BCUT2D eigenvalue weighted by atomic mass is 10.3. The fraction of sp³-hybridized carbons (Fsp3) is 0.0769. The number of methoxy groups -OCH3 is 1. The van der Waals surface area contributed by atoms with E-state index >= 15 is 0 Å². The van der Waals surface area contributed by atoms with E-state index in [0.29, 0.717) is 5.75 Å². The fourth-order valence-electron chi connectivity index (χ4n) is 1.58. The number of carboxylic acids is 1. The number of ether oxygens (including phenoxy) is 1. The molecular weight excluding hydrogens is 296 g/mol. The molecule has 0 spiro atoms. The average Bonchev–Trinajstić information content (AvgIpc) is 2.47. The SMILES string of the molecule is COc1cccc(S(=O)(=O)Nc2cc(C(=O)O)ccn2)c1. The van der Waals surface area contributed by atoms with Gasteiger partial charge in [0.2, 0.25) is 0 Å². The molecule has 0 atom stereocenters. The van der Waals surface area contributed by atoms with Gasteiger partial charge in [0.1, 0.15) is 11.6 Å². The van der Waals surface area contributed by atoms with Crippen molar-refractivity contribution in [2.24, 2.45) is 0 Å². The second kappa shape index (κ2) is 5.80. The van der Waals surface area contributed by atoms with Crippen LogP contribution in [0.15, 0.2) is 47.5 Å². The summed E-state index contributed by atoms with van der Waals surface area (Å²) in [5, 5.41) is 8.87. The number of nitrogens with zero attached hydrogens (tertiary/aromatic N) is 1. The van der Waals surface area contributed by atoms with Crippen molar-refractivity contribution in [3.63, 3.8) is 0 Å². The second-order valence-corrected chi connectivity index (χ2v) is 5.70. The summed E-state index contributed by atoms with van der Waals surface area (Å²) < 4.78 is 31.6. The maximum Gasteiger partial charge on any atom is 0.335 e. The molecule has 7 nitrogen and oxygen atoms in total. The van der Waals surface area contributed by atoms with Crippen LogP contribution in [0.3, 0.4) is 0 Å². The van der Waals surface area contributed by atoms with Gasteiger partial charge in [-0.05, 0) is 24.3 Å². The highest BCUT2D eigenvalue weighted by atomic mass is 32.2. The van der Waals surface area contributed by atoms with E-state index in [1.165, 1.54) is 37.6 Å². The van der Waals surface area contributed by atoms with Crippen LogP contribution >= 0.6 is 0 Å². The van der Waals surface area contributed by atoms with Gasteiger partial charge in [-0.15, -0.1) is 0 Å². The van der Waals surface area contributed by atoms with E-state index in [1.807, 2.05) is 0 Å². The highest BCUT2D eigenvalue weighted by Crippen LogP contribution is 2.19. The lowest BCUT2D eigenvalue weighted by Crippen LogP contribution is -2.14. The number of carboxylic acid groups (broad SMARTS) is 1. The van der Waals surface area contributed by atoms with Crippen molar-refractivity contribution in [2.75, 3.05) is 11.8 Å². The summed E-state index contributed by atoms with van der Waals surface area (Å²) >= 11 is 0. The molecule has 0 aliphatic rings. The van der Waals surface area contributed by atoms with Gasteiger partial charge in [0.25, 0.3) is 10.0 Å². The zero-order chi connectivity index (χ0) is 15.5. The summed E-state index contributed by atoms with van der Waals surface area (Å²) in [6.07, 6.45) is 1.22. The third-order valence-corrected chi connectivity index (χ3v) is 3.95. The number of carbonyl (C=O) groups is 1. The van der Waals surface area contributed by atoms with Gasteiger partial charge in [0.15, 0.2) is 0 Å². The van der Waals surface area contributed by atoms with E-state index in [0.717, 1.165) is 6.07 Å². The zero-order valence-corrected chi connectivity index (χ0v) is 11.8. The molecule has 1 aromatic heterocycles. The molecule has 0 saturated heterocycles. The first-order valence-electron chi connectivity index (χ1n) is 5.78. The van der Waals surface area contributed by atoms with Crippen LogP contribution in [0.2, 0.25) is 0 Å². The van der Waals surface area contributed by atoms with Crippen LogP contribution in [0.1, 0.15) is 10.4 Å². The monoisotopic (exact) mass is 308 g/mol. The van der Waals surface area contributed by atoms with E-state index in [1.54, 1.807) is 6.07 Å². The van der Waals surface area contributed by atoms with E-state index in [-0.39, 0.29) is 16.3 Å². The van der Waals surface area contributed by atoms with E-state index in [9.17, 15) is 13.2 Å². The molecule has 8 heteroatoms. The third kappa shape index (κ3) is 3.48. The lowest BCUT2D eigenvalue weighted by molar-refractivity contribution is 0.0697. The number of sulfonamides is 1. The van der Waals surface area contributed by atoms with Gasteiger partial charge in [0.05, 0.1) is 17.6 Å². The summed E-state index contributed by atoms with van der Waals surface area (Å²) in [5.41, 5.74) is -0.0617. The Balaban J connectivity index is 2.32. The largest absolute Gasteiger partial charge is 0.497 e. The molecule has 1 heterocycles. The summed E-state index contributed by atoms with van der Waals surface area (Å²) in [6, 6.07) is 8.30. The summed E-state index contributed by atoms with van der Waals surface area (Å²) in [6.45, 7) is 0. The predicted molar refractivity (Wildman–Crippen MR) is 75.0 cm³/mol. The van der Waals surface area contributed by atoms with Crippen LogP contribution in [-0.4, -0.2) is 31.6 Å². The number of nitrogens with one attached hydrogen (secondary N) is 1. The van der Waals surface area contributed by atoms with E-state index in [2.05, 4.69) is 9.71 Å². The Labute approximate surface area is 121 Å². The first-order chi connectivity index (χ1) is 9.92. The maximum absolute atomic E-state index is 12.2. The Kier molecular flexibility index (Phi) is 4.08. The normalized spacial score (nSPS) is 10.9. The molecular formula is C13H12N2O5S. The van der Waals surface area contributed by atoms with Crippen LogP contribution in [0.5, 0.6) is 5.75 Å². The van der Waals surface area contributed by atoms with Crippen LogP contribution in [0, 0.1) is 0 Å². The number of aromatic nitrogens is 1. The lowest BCUT2D eigenvalue weighted by Gasteiger charge is -2.08. The Bertz CT molecular complexity index is 774. The third-order valence-electron chi connectivity index (χ3n) is 2.60. The maximum atomic E-state index is 12.2. The van der Waals surface area contributed by atoms with Crippen LogP contribution in [-0.2, 0) is 10.0 Å². The minimum Gasteiger partial charge on any atom is -0.497 e. The first-order valence-corrected chi connectivity index (χ1v) is 7.27. The van der Waals surface area contributed by atoms with Crippen LogP contribution < -0.4 is 9.46 Å². The molecule has 0 radical (unpaired) electrons. The van der Waals surface area contributed by atoms with Crippen molar-refractivity contribution in [1.82, 2.24) is 4.98 Å². The van der Waals surface area contributed by atoms with Crippen molar-refractivity contribution in [2.45, 2.75) is 4.90 Å². The molecule has 0 fully saturated rings. The Hall–Kier alpha value is -2.61. The van der Waals surface area contributed by atoms with E-state index < -0.39 is 16.0 Å². The Morgan fingerprint density at radius 1 is 1.29 bits per heavy atom. The minimum absolute atomic E-state index is 0.00984. The molecule has 0 aliphatic carbocycles. The number of anilines is 1. The summed E-state index contributed by atoms with van der Waals surface area (Å²) in [5.74, 6) is -0.845. The molecule has 2 rings (SSSR count). The highest BCUT2D eigenvalue weighted by molar-refractivity contribution is 7.92. The van der Waals surface area contributed by atoms with Crippen molar-refractivity contribution >= 4 is 21.8 Å². The average molecular weight is 308 g/mol. The zero-order valence-electron chi connectivity index (χ0n) is 11.0. The molecule has 1 aromatic carbocycles. The smallest absolute Gasteiger partial charge is 0.335 e.